The van der Waals surface area contributed by atoms with Gasteiger partial charge in [0.2, 0.25) is 0 Å². The molecule has 0 bridgehead atoms. The number of carboxylic acid groups (broad SMARTS) is 1. The number of aliphatic hydroxyl groups excluding tert-OH is 2. The van der Waals surface area contributed by atoms with Crippen LogP contribution in [0.3, 0.4) is 0 Å². The largest absolute Gasteiger partial charge is 0.481 e. The highest BCUT2D eigenvalue weighted by Crippen LogP contribution is 2.01. The number of unbranched alkanes of at least 4 members (excludes halogenated alkanes) is 2. The Bertz CT molecular complexity index is 468. The molecule has 0 aromatic carbocycles. The monoisotopic (exact) mass is 322 g/mol. The summed E-state index contributed by atoms with van der Waals surface area (Å²) in [5, 5.41) is 27.7. The molecule has 0 aliphatic heterocycles. The second-order valence-electron chi connectivity index (χ2n) is 5.12. The van der Waals surface area contributed by atoms with Crippen molar-refractivity contribution in [1.82, 2.24) is 0 Å². The third-order valence-electron chi connectivity index (χ3n) is 2.95. The molecule has 0 spiro atoms. The number of hydrogen-bond acceptors (Lipinski definition) is 4. The minimum atomic E-state index is -1.20. The van der Waals surface area contributed by atoms with E-state index in [1.54, 1.807) is 0 Å². The molecule has 128 valence electrons. The fourth-order valence-corrected chi connectivity index (χ4v) is 1.65. The zero-order valence-corrected chi connectivity index (χ0v) is 13.6. The Hall–Kier alpha value is -1.90. The number of hydrogen-bond donors (Lipinski definition) is 3. The van der Waals surface area contributed by atoms with Gasteiger partial charge >= 0.3 is 5.97 Å². The highest BCUT2D eigenvalue weighted by atomic mass is 16.4. The molecule has 0 saturated carbocycles. The Kier molecular flexibility index (Phi) is 12.6. The van der Waals surface area contributed by atoms with Crippen LogP contribution in [-0.2, 0) is 9.59 Å². The third-order valence-corrected chi connectivity index (χ3v) is 2.95. The van der Waals surface area contributed by atoms with Crippen molar-refractivity contribution in [2.24, 2.45) is 0 Å². The summed E-state index contributed by atoms with van der Waals surface area (Å²) in [4.78, 5) is 21.9. The Labute approximate surface area is 137 Å². The number of carbonyl (C=O) groups is 2. The van der Waals surface area contributed by atoms with Crippen LogP contribution in [0.2, 0.25) is 0 Å². The lowest BCUT2D eigenvalue weighted by Crippen LogP contribution is -2.17. The topological polar surface area (TPSA) is 94.8 Å². The SMILES string of the molecule is CC/C=C\C[C@@H](O)/C=C/C(=O)[C@H](O)CC#CCCCCC(=O)O. The van der Waals surface area contributed by atoms with Gasteiger partial charge in [0.05, 0.1) is 6.10 Å². The predicted octanol–water partition coefficient (Wildman–Crippen LogP) is 2.23. The van der Waals surface area contributed by atoms with Crippen LogP contribution >= 0.6 is 0 Å². The van der Waals surface area contributed by atoms with Crippen molar-refractivity contribution in [3.63, 3.8) is 0 Å². The first kappa shape index (κ1) is 21.1. The van der Waals surface area contributed by atoms with Crippen LogP contribution in [-0.4, -0.2) is 39.3 Å². The van der Waals surface area contributed by atoms with Crippen LogP contribution in [0.5, 0.6) is 0 Å². The Balaban J connectivity index is 3.97. The first-order valence-corrected chi connectivity index (χ1v) is 7.88. The molecule has 0 saturated heterocycles. The lowest BCUT2D eigenvalue weighted by Gasteiger charge is -2.03. The van der Waals surface area contributed by atoms with Gasteiger partial charge in [-0.1, -0.05) is 25.2 Å². The van der Waals surface area contributed by atoms with Crippen LogP contribution in [0, 0.1) is 11.8 Å². The van der Waals surface area contributed by atoms with E-state index in [1.807, 2.05) is 19.1 Å². The molecule has 23 heavy (non-hydrogen) atoms. The number of carboxylic acids is 1. The Morgan fingerprint density at radius 2 is 1.87 bits per heavy atom. The second kappa shape index (κ2) is 13.7. The minimum absolute atomic E-state index is 0.0357. The van der Waals surface area contributed by atoms with Crippen molar-refractivity contribution >= 4 is 11.8 Å². The van der Waals surface area contributed by atoms with E-state index in [9.17, 15) is 19.8 Å². The molecule has 5 nitrogen and oxygen atoms in total. The molecule has 0 amide bonds. The van der Waals surface area contributed by atoms with Crippen molar-refractivity contribution in [3.8, 4) is 11.8 Å². The van der Waals surface area contributed by atoms with Gasteiger partial charge in [0.15, 0.2) is 5.78 Å². The zero-order chi connectivity index (χ0) is 17.5. The molecule has 0 aliphatic rings. The van der Waals surface area contributed by atoms with Crippen LogP contribution in [0.15, 0.2) is 24.3 Å². The first-order chi connectivity index (χ1) is 11.0. The summed E-state index contributed by atoms with van der Waals surface area (Å²) in [6, 6.07) is 0. The summed E-state index contributed by atoms with van der Waals surface area (Å²) in [5.41, 5.74) is 0. The van der Waals surface area contributed by atoms with Gasteiger partial charge in [-0.3, -0.25) is 9.59 Å². The summed E-state index contributed by atoms with van der Waals surface area (Å²) >= 11 is 0. The summed E-state index contributed by atoms with van der Waals surface area (Å²) in [6.45, 7) is 1.99. The van der Waals surface area contributed by atoms with Gasteiger partial charge in [-0.05, 0) is 31.8 Å². The first-order valence-electron chi connectivity index (χ1n) is 7.88. The van der Waals surface area contributed by atoms with E-state index in [-0.39, 0.29) is 12.8 Å². The number of ketones is 1. The van der Waals surface area contributed by atoms with Gasteiger partial charge in [0, 0.05) is 19.3 Å². The fourth-order valence-electron chi connectivity index (χ4n) is 1.65. The van der Waals surface area contributed by atoms with E-state index >= 15 is 0 Å². The van der Waals surface area contributed by atoms with Crippen LogP contribution in [0.25, 0.3) is 0 Å². The summed E-state index contributed by atoms with van der Waals surface area (Å²) < 4.78 is 0. The molecule has 3 N–H and O–H groups in total. The summed E-state index contributed by atoms with van der Waals surface area (Å²) in [5.74, 6) is 4.21. The maximum Gasteiger partial charge on any atom is 0.303 e. The molecule has 2 atom stereocenters. The van der Waals surface area contributed by atoms with E-state index < -0.39 is 24.0 Å². The third kappa shape index (κ3) is 13.5. The van der Waals surface area contributed by atoms with E-state index in [0.29, 0.717) is 25.7 Å². The molecule has 0 aromatic rings. The molecule has 0 aromatic heterocycles. The van der Waals surface area contributed by atoms with Crippen LogP contribution in [0.4, 0.5) is 0 Å². The Morgan fingerprint density at radius 1 is 1.13 bits per heavy atom. The Morgan fingerprint density at radius 3 is 2.52 bits per heavy atom. The van der Waals surface area contributed by atoms with Crippen molar-refractivity contribution < 1.29 is 24.9 Å². The maximum atomic E-state index is 11.6. The van der Waals surface area contributed by atoms with Crippen molar-refractivity contribution in [3.05, 3.63) is 24.3 Å². The van der Waals surface area contributed by atoms with Gasteiger partial charge in [-0.2, -0.15) is 0 Å². The molecule has 0 unspecified atom stereocenters. The lowest BCUT2D eigenvalue weighted by molar-refractivity contribution is -0.137. The van der Waals surface area contributed by atoms with E-state index in [2.05, 4.69) is 11.8 Å². The average Bonchev–Trinajstić information content (AvgIpc) is 2.51. The van der Waals surface area contributed by atoms with Crippen molar-refractivity contribution in [2.45, 2.75) is 64.1 Å². The zero-order valence-electron chi connectivity index (χ0n) is 13.6. The van der Waals surface area contributed by atoms with Crippen LogP contribution < -0.4 is 0 Å². The summed E-state index contributed by atoms with van der Waals surface area (Å²) in [7, 11) is 0. The smallest absolute Gasteiger partial charge is 0.303 e. The lowest BCUT2D eigenvalue weighted by atomic mass is 10.1. The highest BCUT2D eigenvalue weighted by Gasteiger charge is 2.10. The average molecular weight is 322 g/mol. The predicted molar refractivity (Wildman–Crippen MR) is 88.7 cm³/mol. The maximum absolute atomic E-state index is 11.6. The van der Waals surface area contributed by atoms with Gasteiger partial charge in [-0.25, -0.2) is 0 Å². The molecular weight excluding hydrogens is 296 g/mol. The molecule has 0 aliphatic carbocycles. The quantitative estimate of drug-likeness (QED) is 0.235. The van der Waals surface area contributed by atoms with Gasteiger partial charge < -0.3 is 15.3 Å². The van der Waals surface area contributed by atoms with E-state index in [0.717, 1.165) is 6.42 Å². The molecule has 0 heterocycles. The number of aliphatic hydroxyl groups is 2. The van der Waals surface area contributed by atoms with Crippen molar-refractivity contribution in [2.75, 3.05) is 0 Å². The number of aliphatic carboxylic acids is 1. The highest BCUT2D eigenvalue weighted by molar-refractivity contribution is 5.93. The van der Waals surface area contributed by atoms with Gasteiger partial charge in [0.1, 0.15) is 6.10 Å². The molecule has 0 radical (unpaired) electrons. The van der Waals surface area contributed by atoms with Gasteiger partial charge in [0.25, 0.3) is 0 Å². The second-order valence-corrected chi connectivity index (χ2v) is 5.12. The molecule has 5 heteroatoms. The molecule has 0 fully saturated rings. The van der Waals surface area contributed by atoms with Crippen molar-refractivity contribution in [1.29, 1.82) is 0 Å². The number of rotatable bonds is 11. The minimum Gasteiger partial charge on any atom is -0.481 e. The summed E-state index contributed by atoms with van der Waals surface area (Å²) in [6.07, 6.45) is 7.67. The normalized spacial score (nSPS) is 13.7. The van der Waals surface area contributed by atoms with E-state index in [4.69, 9.17) is 5.11 Å². The molecular formula is C18H26O5. The number of allylic oxidation sites excluding steroid dienone is 1. The fraction of sp³-hybridized carbons (Fsp3) is 0.556. The molecule has 0 rings (SSSR count). The standard InChI is InChI=1S/C18H26O5/c1-2-3-7-10-15(19)13-14-17(21)16(20)11-8-5-4-6-9-12-18(22)23/h3,7,13-16,19-20H,2,4,6,9-12H2,1H3,(H,22,23)/b7-3-,14-13+/t15-,16-/m1/s1. The van der Waals surface area contributed by atoms with Gasteiger partial charge in [-0.15, -0.1) is 11.8 Å². The number of carbonyl (C=O) groups excluding carboxylic acids is 1. The van der Waals surface area contributed by atoms with Crippen LogP contribution in [0.1, 0.15) is 51.9 Å². The van der Waals surface area contributed by atoms with E-state index in [1.165, 1.54) is 12.2 Å².